The number of piperidine rings is 1. The second-order valence-corrected chi connectivity index (χ2v) is 13.8. The van der Waals surface area contributed by atoms with E-state index in [1.54, 1.807) is 11.3 Å². The summed E-state index contributed by atoms with van der Waals surface area (Å²) in [7, 11) is 0. The third-order valence-corrected chi connectivity index (χ3v) is 10.9. The number of aliphatic carboxylic acids is 1. The summed E-state index contributed by atoms with van der Waals surface area (Å²) in [5, 5.41) is 12.7. The maximum atomic E-state index is 11.7. The van der Waals surface area contributed by atoms with Gasteiger partial charge in [-0.25, -0.2) is 4.98 Å². The molecule has 0 bridgehead atoms. The molecule has 0 spiro atoms. The zero-order chi connectivity index (χ0) is 28.8. The Balaban J connectivity index is 1.03. The van der Waals surface area contributed by atoms with Crippen LogP contribution in [0, 0.1) is 31.1 Å². The first-order chi connectivity index (χ1) is 20.4. The van der Waals surface area contributed by atoms with Gasteiger partial charge in [0.1, 0.15) is 12.4 Å². The fraction of sp³-hybridized carbons (Fsp3) is 0.529. The van der Waals surface area contributed by atoms with Crippen molar-refractivity contribution in [3.63, 3.8) is 0 Å². The van der Waals surface area contributed by atoms with E-state index in [0.29, 0.717) is 18.9 Å². The van der Waals surface area contributed by atoms with Crippen molar-refractivity contribution >= 4 is 22.4 Å². The number of benzene rings is 2. The lowest BCUT2D eigenvalue weighted by atomic mass is 9.92. The van der Waals surface area contributed by atoms with Gasteiger partial charge in [-0.05, 0) is 91.7 Å². The summed E-state index contributed by atoms with van der Waals surface area (Å²) >= 11 is 1.64. The van der Waals surface area contributed by atoms with Gasteiger partial charge in [0.2, 0.25) is 0 Å². The molecule has 4 heterocycles. The lowest BCUT2D eigenvalue weighted by Gasteiger charge is -2.34. The SMILES string of the molecule is Cc1cc(COc2c(C)cccc2-c2csc(N3CC[C@@]4(C(=O)O)C[C@H]4C3)n2)cc2c1CN(CC1CCCOC1)CC2. The summed E-state index contributed by atoms with van der Waals surface area (Å²) < 4.78 is 12.3. The lowest BCUT2D eigenvalue weighted by molar-refractivity contribution is -0.144. The summed E-state index contributed by atoms with van der Waals surface area (Å²) in [6.07, 6.45) is 5.06. The number of anilines is 1. The molecular formula is C34H41N3O4S. The maximum Gasteiger partial charge on any atom is 0.310 e. The average Bonchev–Trinajstić information content (AvgIpc) is 3.55. The molecule has 7 nitrogen and oxygen atoms in total. The highest BCUT2D eigenvalue weighted by Crippen LogP contribution is 2.58. The zero-order valence-corrected chi connectivity index (χ0v) is 25.5. The number of fused-ring (bicyclic) bond motifs is 2. The van der Waals surface area contributed by atoms with Gasteiger partial charge >= 0.3 is 5.97 Å². The predicted octanol–water partition coefficient (Wildman–Crippen LogP) is 6.09. The monoisotopic (exact) mass is 587 g/mol. The topological polar surface area (TPSA) is 75.1 Å². The Morgan fingerprint density at radius 3 is 2.95 bits per heavy atom. The van der Waals surface area contributed by atoms with Crippen LogP contribution in [0.3, 0.4) is 0 Å². The molecule has 4 aliphatic rings. The van der Waals surface area contributed by atoms with Crippen molar-refractivity contribution in [2.24, 2.45) is 17.3 Å². The number of carbonyl (C=O) groups is 1. The molecular weight excluding hydrogens is 546 g/mol. The molecule has 1 aliphatic carbocycles. The van der Waals surface area contributed by atoms with Gasteiger partial charge in [-0.1, -0.05) is 24.3 Å². The zero-order valence-electron chi connectivity index (χ0n) is 24.7. The van der Waals surface area contributed by atoms with E-state index in [0.717, 1.165) is 86.5 Å². The van der Waals surface area contributed by atoms with Crippen molar-refractivity contribution in [2.75, 3.05) is 44.3 Å². The van der Waals surface area contributed by atoms with Crippen LogP contribution in [0.25, 0.3) is 11.3 Å². The number of aromatic nitrogens is 1. The highest BCUT2D eigenvalue weighted by molar-refractivity contribution is 7.14. The summed E-state index contributed by atoms with van der Waals surface area (Å²) in [4.78, 5) is 21.6. The van der Waals surface area contributed by atoms with E-state index in [4.69, 9.17) is 14.5 Å². The van der Waals surface area contributed by atoms with Crippen LogP contribution in [0.4, 0.5) is 5.13 Å². The van der Waals surface area contributed by atoms with Gasteiger partial charge in [0, 0.05) is 50.3 Å². The van der Waals surface area contributed by atoms with Crippen LogP contribution in [0.5, 0.6) is 5.75 Å². The Morgan fingerprint density at radius 2 is 2.14 bits per heavy atom. The predicted molar refractivity (Wildman–Crippen MR) is 165 cm³/mol. The first kappa shape index (κ1) is 27.9. The third kappa shape index (κ3) is 5.33. The standard InChI is InChI=1S/C34H41N3O4S/c1-22-5-3-7-28(30-21-42-33(35-30)37-11-9-34(32(38)39)15-27(34)17-37)31(22)41-20-25-13-23(2)29-18-36(10-8-26(29)14-25)16-24-6-4-12-40-19-24/h3,5,7,13-14,21,24,27H,4,6,8-12,15-20H2,1-2H3,(H,38,39)/t24?,27-,34+/m0/s1. The number of thiazole rings is 1. The van der Waals surface area contributed by atoms with Crippen molar-refractivity contribution < 1.29 is 19.4 Å². The highest BCUT2D eigenvalue weighted by atomic mass is 32.1. The van der Waals surface area contributed by atoms with Crippen LogP contribution in [-0.4, -0.2) is 60.4 Å². The molecule has 0 radical (unpaired) electrons. The minimum Gasteiger partial charge on any atom is -0.488 e. The molecule has 3 aromatic rings. The summed E-state index contributed by atoms with van der Waals surface area (Å²) in [6.45, 7) is 11.5. The minimum absolute atomic E-state index is 0.239. The molecule has 3 fully saturated rings. The first-order valence-corrected chi connectivity index (χ1v) is 16.4. The van der Waals surface area contributed by atoms with E-state index in [2.05, 4.69) is 59.4 Å². The Labute approximate surface area is 252 Å². The second-order valence-electron chi connectivity index (χ2n) is 12.9. The summed E-state index contributed by atoms with van der Waals surface area (Å²) in [6, 6.07) is 10.9. The minimum atomic E-state index is -0.630. The third-order valence-electron chi connectivity index (χ3n) is 10.0. The molecule has 0 amide bonds. The van der Waals surface area contributed by atoms with Crippen molar-refractivity contribution in [3.8, 4) is 17.0 Å². The van der Waals surface area contributed by atoms with Gasteiger partial charge in [-0.15, -0.1) is 11.3 Å². The van der Waals surface area contributed by atoms with Crippen LogP contribution >= 0.6 is 11.3 Å². The number of para-hydroxylation sites is 1. The normalized spacial score (nSPS) is 25.5. The maximum absolute atomic E-state index is 11.7. The van der Waals surface area contributed by atoms with E-state index < -0.39 is 11.4 Å². The molecule has 1 aromatic heterocycles. The van der Waals surface area contributed by atoms with Crippen LogP contribution in [0.15, 0.2) is 35.7 Å². The van der Waals surface area contributed by atoms with Crippen molar-refractivity contribution in [2.45, 2.75) is 59.1 Å². The number of carboxylic acid groups (broad SMARTS) is 1. The van der Waals surface area contributed by atoms with Gasteiger partial charge in [0.25, 0.3) is 0 Å². The van der Waals surface area contributed by atoms with Crippen LogP contribution in [-0.2, 0) is 29.1 Å². The molecule has 8 heteroatoms. The number of hydrogen-bond donors (Lipinski definition) is 1. The highest BCUT2D eigenvalue weighted by Gasteiger charge is 2.62. The van der Waals surface area contributed by atoms with Gasteiger partial charge in [-0.3, -0.25) is 9.69 Å². The van der Waals surface area contributed by atoms with E-state index in [1.165, 1.54) is 35.1 Å². The largest absolute Gasteiger partial charge is 0.488 e. The lowest BCUT2D eigenvalue weighted by Crippen LogP contribution is -2.37. The van der Waals surface area contributed by atoms with Gasteiger partial charge in [0.05, 0.1) is 17.7 Å². The number of aryl methyl sites for hydroxylation is 2. The van der Waals surface area contributed by atoms with Gasteiger partial charge in [0.15, 0.2) is 5.13 Å². The fourth-order valence-electron chi connectivity index (χ4n) is 7.45. The van der Waals surface area contributed by atoms with Gasteiger partial charge < -0.3 is 19.5 Å². The second kappa shape index (κ2) is 11.3. The van der Waals surface area contributed by atoms with Crippen molar-refractivity contribution in [3.05, 3.63) is 63.5 Å². The Hall–Kier alpha value is -2.94. The molecule has 2 aromatic carbocycles. The number of carboxylic acids is 1. The van der Waals surface area contributed by atoms with E-state index in [9.17, 15) is 9.90 Å². The molecule has 1 unspecified atom stereocenters. The molecule has 1 saturated carbocycles. The number of ether oxygens (including phenoxy) is 2. The molecule has 3 atom stereocenters. The Bertz CT molecular complexity index is 1480. The number of hydrogen-bond acceptors (Lipinski definition) is 7. The molecule has 1 N–H and O–H groups in total. The molecule has 2 saturated heterocycles. The Kier molecular flexibility index (Phi) is 7.49. The molecule has 42 heavy (non-hydrogen) atoms. The quantitative estimate of drug-likeness (QED) is 0.342. The number of rotatable bonds is 8. The van der Waals surface area contributed by atoms with Crippen LogP contribution in [0.1, 0.15) is 53.5 Å². The fourth-order valence-corrected chi connectivity index (χ4v) is 8.32. The van der Waals surface area contributed by atoms with Crippen molar-refractivity contribution in [1.82, 2.24) is 9.88 Å². The van der Waals surface area contributed by atoms with Crippen LogP contribution < -0.4 is 9.64 Å². The summed E-state index contributed by atoms with van der Waals surface area (Å²) in [5.74, 6) is 1.16. The van der Waals surface area contributed by atoms with Gasteiger partial charge in [-0.2, -0.15) is 0 Å². The molecule has 7 rings (SSSR count). The average molecular weight is 588 g/mol. The Morgan fingerprint density at radius 1 is 1.24 bits per heavy atom. The smallest absolute Gasteiger partial charge is 0.310 e. The van der Waals surface area contributed by atoms with E-state index in [-0.39, 0.29) is 5.92 Å². The number of nitrogens with zero attached hydrogens (tertiary/aromatic N) is 3. The van der Waals surface area contributed by atoms with Crippen molar-refractivity contribution in [1.29, 1.82) is 0 Å². The first-order valence-electron chi connectivity index (χ1n) is 15.5. The van der Waals surface area contributed by atoms with Crippen LogP contribution in [0.2, 0.25) is 0 Å². The van der Waals surface area contributed by atoms with E-state index >= 15 is 0 Å². The summed E-state index contributed by atoms with van der Waals surface area (Å²) in [5.41, 5.74) is 8.07. The molecule has 222 valence electrons. The molecule has 3 aliphatic heterocycles. The van der Waals surface area contributed by atoms with E-state index in [1.807, 2.05) is 0 Å².